The van der Waals surface area contributed by atoms with Crippen LogP contribution in [-0.4, -0.2) is 23.7 Å². The molecule has 0 saturated heterocycles. The van der Waals surface area contributed by atoms with Gasteiger partial charge in [0.1, 0.15) is 0 Å². The van der Waals surface area contributed by atoms with Gasteiger partial charge in [-0.25, -0.2) is 9.97 Å². The second-order valence-corrected chi connectivity index (χ2v) is 24.4. The molecule has 0 amide bonds. The molecule has 4 heterocycles. The number of hydrogen-bond acceptors (Lipinski definition) is 2. The summed E-state index contributed by atoms with van der Waals surface area (Å²) in [7, 11) is 0. The molecule has 17 aromatic rings. The molecule has 5 nitrogen and oxygen atoms in total. The van der Waals surface area contributed by atoms with E-state index >= 15 is 0 Å². The van der Waals surface area contributed by atoms with Crippen LogP contribution in [0.25, 0.3) is 161 Å². The minimum atomic E-state index is 0.636. The molecule has 0 N–H and O–H groups in total. The van der Waals surface area contributed by atoms with Crippen LogP contribution >= 0.6 is 0 Å². The number of benzene rings is 13. The highest BCUT2D eigenvalue weighted by Gasteiger charge is 2.25. The first-order valence-electron chi connectivity index (χ1n) is 31.4. The summed E-state index contributed by atoms with van der Waals surface area (Å²) in [6.07, 6.45) is 0. The number of para-hydroxylation sites is 4. The van der Waals surface area contributed by atoms with Gasteiger partial charge in [-0.05, 0) is 163 Å². The van der Waals surface area contributed by atoms with E-state index in [4.69, 9.17) is 9.97 Å². The lowest BCUT2D eigenvalue weighted by Gasteiger charge is -2.22. The van der Waals surface area contributed by atoms with E-state index in [0.717, 1.165) is 78.4 Å². The molecule has 0 aliphatic heterocycles. The van der Waals surface area contributed by atoms with Gasteiger partial charge in [0, 0.05) is 71.5 Å². The van der Waals surface area contributed by atoms with Crippen LogP contribution in [0.1, 0.15) is 22.3 Å². The van der Waals surface area contributed by atoms with E-state index in [1.165, 1.54) is 98.9 Å². The van der Waals surface area contributed by atoms with E-state index in [2.05, 4.69) is 339 Å². The van der Waals surface area contributed by atoms with Crippen molar-refractivity contribution in [2.24, 2.45) is 0 Å². The molecule has 17 rings (SSSR count). The third-order valence-electron chi connectivity index (χ3n) is 18.6. The third-order valence-corrected chi connectivity index (χ3v) is 18.6. The molecule has 4 aromatic heterocycles. The Morgan fingerprint density at radius 3 is 0.967 bits per heavy atom. The van der Waals surface area contributed by atoms with Crippen LogP contribution in [0.3, 0.4) is 0 Å². The number of hydrogen-bond donors (Lipinski definition) is 0. The van der Waals surface area contributed by atoms with E-state index in [1.807, 2.05) is 0 Å². The normalized spacial score (nSPS) is 11.7. The lowest BCUT2D eigenvalue weighted by atomic mass is 9.92. The highest BCUT2D eigenvalue weighted by atomic mass is 15.0. The lowest BCUT2D eigenvalue weighted by Crippen LogP contribution is -2.04. The molecule has 0 fully saturated rings. The Bertz CT molecular complexity index is 5280. The van der Waals surface area contributed by atoms with Crippen LogP contribution in [0, 0.1) is 27.7 Å². The SMILES string of the molecule is Cc1ccc(-c2ccc3c(c2)c2cc(-c4ccc(C)cc4C)ccc2n3-c2c(-c3ccc(-n4c5ccccc5c5ccccc54)cc3)cc(-c3nc(-c4ccccc4)cc(-c4ccccc4)n3)cc2-c2ccc(-n3c4ccccc4c4ccccc43)cc2)c(C)c1. The van der Waals surface area contributed by atoms with E-state index in [1.54, 1.807) is 0 Å². The fourth-order valence-corrected chi connectivity index (χ4v) is 14.4. The maximum atomic E-state index is 5.55. The van der Waals surface area contributed by atoms with Crippen molar-refractivity contribution >= 4 is 65.4 Å². The standard InChI is InChI=1S/C86H61N5/c1-54-31-43-67(56(3)47-54)62-37-45-83-75(49-62)76-50-63(68-44-32-55(2)48-57(68)4)38-46-84(76)91(83)85-73(58-33-39-65(40-34-58)89-79-27-15-11-23-69(79)70-24-12-16-28-80(70)89)51-64(86-87-77(60-19-7-5-8-20-60)53-78(88-86)61-21-9-6-10-22-61)52-74(85)59-35-41-66(42-36-59)90-81-29-17-13-25-71(81)72-26-14-18-30-82(72)90/h5-53H,1-4H3. The van der Waals surface area contributed by atoms with Crippen LogP contribution in [0.2, 0.25) is 0 Å². The summed E-state index contributed by atoms with van der Waals surface area (Å²) in [4.78, 5) is 11.1. The Labute approximate surface area is 528 Å². The van der Waals surface area contributed by atoms with Gasteiger partial charge in [0.2, 0.25) is 0 Å². The number of rotatable bonds is 10. The predicted molar refractivity (Wildman–Crippen MR) is 382 cm³/mol. The molecule has 0 saturated carbocycles. The van der Waals surface area contributed by atoms with Gasteiger partial charge >= 0.3 is 0 Å². The van der Waals surface area contributed by atoms with E-state index in [0.29, 0.717) is 5.82 Å². The van der Waals surface area contributed by atoms with Gasteiger partial charge in [-0.2, -0.15) is 0 Å². The molecule has 0 radical (unpaired) electrons. The zero-order valence-corrected chi connectivity index (χ0v) is 51.0. The first-order valence-corrected chi connectivity index (χ1v) is 31.4. The molecule has 0 spiro atoms. The fourth-order valence-electron chi connectivity index (χ4n) is 14.4. The molecule has 91 heavy (non-hydrogen) atoms. The number of fused-ring (bicyclic) bond motifs is 9. The molecule has 430 valence electrons. The Morgan fingerprint density at radius 2 is 0.582 bits per heavy atom. The maximum absolute atomic E-state index is 5.55. The molecular weight excluding hydrogens is 1100 g/mol. The highest BCUT2D eigenvalue weighted by Crippen LogP contribution is 2.47. The van der Waals surface area contributed by atoms with Crippen molar-refractivity contribution in [3.8, 4) is 95.5 Å². The molecular formula is C86H61N5. The summed E-state index contributed by atoms with van der Waals surface area (Å²) in [6.45, 7) is 8.81. The van der Waals surface area contributed by atoms with Crippen LogP contribution in [0.5, 0.6) is 0 Å². The second-order valence-electron chi connectivity index (χ2n) is 24.4. The fraction of sp³-hybridized carbons (Fsp3) is 0.0465. The first kappa shape index (κ1) is 53.6. The molecule has 5 heteroatoms. The van der Waals surface area contributed by atoms with Gasteiger partial charge in [0.25, 0.3) is 0 Å². The summed E-state index contributed by atoms with van der Waals surface area (Å²) < 4.78 is 7.35. The summed E-state index contributed by atoms with van der Waals surface area (Å²) in [5.74, 6) is 0.636. The van der Waals surface area contributed by atoms with Crippen molar-refractivity contribution in [3.05, 3.63) is 320 Å². The van der Waals surface area contributed by atoms with Gasteiger partial charge in [0.15, 0.2) is 5.82 Å². The highest BCUT2D eigenvalue weighted by molar-refractivity contribution is 6.14. The second kappa shape index (κ2) is 21.6. The Kier molecular flexibility index (Phi) is 12.7. The maximum Gasteiger partial charge on any atom is 0.160 e. The van der Waals surface area contributed by atoms with E-state index < -0.39 is 0 Å². The first-order chi connectivity index (χ1) is 44.8. The minimum absolute atomic E-state index is 0.636. The summed E-state index contributed by atoms with van der Waals surface area (Å²) in [5.41, 5.74) is 28.8. The monoisotopic (exact) mass is 1160 g/mol. The summed E-state index contributed by atoms with van der Waals surface area (Å²) in [5, 5.41) is 7.26. The molecule has 0 bridgehead atoms. The Balaban J connectivity index is 0.980. The molecule has 13 aromatic carbocycles. The van der Waals surface area contributed by atoms with Gasteiger partial charge in [-0.15, -0.1) is 0 Å². The number of aromatic nitrogens is 5. The minimum Gasteiger partial charge on any atom is -0.309 e. The van der Waals surface area contributed by atoms with Crippen LogP contribution < -0.4 is 0 Å². The number of aryl methyl sites for hydroxylation is 4. The predicted octanol–water partition coefficient (Wildman–Crippen LogP) is 22.7. The van der Waals surface area contributed by atoms with Crippen LogP contribution in [0.4, 0.5) is 0 Å². The number of nitrogens with zero attached hydrogens (tertiary/aromatic N) is 5. The van der Waals surface area contributed by atoms with Crippen LogP contribution in [0.15, 0.2) is 297 Å². The molecule has 0 atom stereocenters. The quantitative estimate of drug-likeness (QED) is 0.137. The smallest absolute Gasteiger partial charge is 0.160 e. The van der Waals surface area contributed by atoms with Gasteiger partial charge in [-0.1, -0.05) is 217 Å². The van der Waals surface area contributed by atoms with Crippen molar-refractivity contribution in [2.45, 2.75) is 27.7 Å². The third kappa shape index (κ3) is 9.07. The molecule has 0 aliphatic rings. The summed E-state index contributed by atoms with van der Waals surface area (Å²) >= 11 is 0. The zero-order chi connectivity index (χ0) is 60.8. The molecule has 0 unspecified atom stereocenters. The Hall–Kier alpha value is -11.7. The van der Waals surface area contributed by atoms with Crippen molar-refractivity contribution in [2.75, 3.05) is 0 Å². The Morgan fingerprint density at radius 1 is 0.231 bits per heavy atom. The van der Waals surface area contributed by atoms with Gasteiger partial charge in [0.05, 0.1) is 50.2 Å². The van der Waals surface area contributed by atoms with Crippen LogP contribution in [-0.2, 0) is 0 Å². The summed E-state index contributed by atoms with van der Waals surface area (Å²) in [6, 6.07) is 109. The lowest BCUT2D eigenvalue weighted by molar-refractivity contribution is 1.16. The largest absolute Gasteiger partial charge is 0.309 e. The zero-order valence-electron chi connectivity index (χ0n) is 51.0. The van der Waals surface area contributed by atoms with Crippen molar-refractivity contribution in [3.63, 3.8) is 0 Å². The topological polar surface area (TPSA) is 40.6 Å². The van der Waals surface area contributed by atoms with Gasteiger partial charge in [-0.3, -0.25) is 0 Å². The van der Waals surface area contributed by atoms with E-state index in [9.17, 15) is 0 Å². The van der Waals surface area contributed by atoms with E-state index in [-0.39, 0.29) is 0 Å². The average molecular weight is 1160 g/mol. The van der Waals surface area contributed by atoms with Crippen molar-refractivity contribution in [1.82, 2.24) is 23.7 Å². The van der Waals surface area contributed by atoms with Crippen molar-refractivity contribution < 1.29 is 0 Å². The molecule has 0 aliphatic carbocycles. The average Bonchev–Trinajstić information content (AvgIpc) is 1.64. The van der Waals surface area contributed by atoms with Crippen molar-refractivity contribution in [1.29, 1.82) is 0 Å². The van der Waals surface area contributed by atoms with Gasteiger partial charge < -0.3 is 13.7 Å².